The number of carbonyl (C=O) groups excluding carboxylic acids is 1. The fourth-order valence-corrected chi connectivity index (χ4v) is 2.65. The third-order valence-electron chi connectivity index (χ3n) is 3.92. The van der Waals surface area contributed by atoms with Crippen LogP contribution < -0.4 is 15.8 Å². The maximum atomic E-state index is 10.8. The zero-order chi connectivity index (χ0) is 21.5. The Kier molecular flexibility index (Phi) is 11.0. The first-order valence-corrected chi connectivity index (χ1v) is 9.34. The van der Waals surface area contributed by atoms with Crippen LogP contribution in [0.1, 0.15) is 25.3 Å². The molecule has 0 amide bonds. The highest BCUT2D eigenvalue weighted by Crippen LogP contribution is 2.23. The number of allylic oxidation sites excluding steroid dienone is 6. The molecule has 3 N–H and O–H groups in total. The minimum Gasteiger partial charge on any atom is -0.497 e. The average molecular weight is 389 g/mol. The van der Waals surface area contributed by atoms with E-state index in [4.69, 9.17) is 4.74 Å². The Balaban J connectivity index is 0.00000204. The molecule has 0 fully saturated rings. The molecule has 0 unspecified atom stereocenters. The van der Waals surface area contributed by atoms with Gasteiger partial charge in [-0.25, -0.2) is 0 Å². The van der Waals surface area contributed by atoms with Crippen molar-refractivity contribution in [1.82, 2.24) is 5.32 Å². The Hall–Kier alpha value is -3.54. The van der Waals surface area contributed by atoms with Crippen molar-refractivity contribution < 1.29 is 9.53 Å². The van der Waals surface area contributed by atoms with Gasteiger partial charge < -0.3 is 20.6 Å². The Morgan fingerprint density at radius 3 is 2.79 bits per heavy atom. The number of nitrogens with one attached hydrogen (secondary N) is 1. The van der Waals surface area contributed by atoms with Gasteiger partial charge in [-0.3, -0.25) is 0 Å². The van der Waals surface area contributed by atoms with Crippen LogP contribution in [0, 0.1) is 23.2 Å². The molecule has 0 atom stereocenters. The number of hydrogen-bond donors (Lipinski definition) is 2. The molecule has 1 aromatic carbocycles. The van der Waals surface area contributed by atoms with Crippen molar-refractivity contribution in [3.63, 3.8) is 0 Å². The lowest BCUT2D eigenvalue weighted by atomic mass is 10.0. The second-order valence-corrected chi connectivity index (χ2v) is 5.76. The van der Waals surface area contributed by atoms with E-state index in [1.54, 1.807) is 13.2 Å². The first-order valence-electron chi connectivity index (χ1n) is 9.34. The molecule has 5 heteroatoms. The van der Waals surface area contributed by atoms with Crippen LogP contribution in [0.4, 0.5) is 0 Å². The van der Waals surface area contributed by atoms with Crippen LogP contribution >= 0.6 is 0 Å². The molecular formula is C24H27N3O2. The summed E-state index contributed by atoms with van der Waals surface area (Å²) in [5, 5.41) is 12.9. The van der Waals surface area contributed by atoms with Crippen LogP contribution in [-0.4, -0.2) is 27.0 Å². The number of benzene rings is 1. The van der Waals surface area contributed by atoms with Crippen molar-refractivity contribution >= 4 is 6.29 Å². The maximum absolute atomic E-state index is 10.8. The van der Waals surface area contributed by atoms with Gasteiger partial charge in [-0.15, -0.1) is 0 Å². The molecule has 0 saturated heterocycles. The van der Waals surface area contributed by atoms with Crippen LogP contribution in [0.2, 0.25) is 0 Å². The summed E-state index contributed by atoms with van der Waals surface area (Å²) in [7, 11) is 3.11. The van der Waals surface area contributed by atoms with Gasteiger partial charge in [-0.05, 0) is 50.2 Å². The summed E-state index contributed by atoms with van der Waals surface area (Å²) in [4.78, 5) is 10.8. The summed E-state index contributed by atoms with van der Waals surface area (Å²) in [6.45, 7) is 2.70. The van der Waals surface area contributed by atoms with Crippen molar-refractivity contribution in [2.75, 3.05) is 20.7 Å². The van der Waals surface area contributed by atoms with Gasteiger partial charge in [0.05, 0.1) is 12.7 Å². The van der Waals surface area contributed by atoms with Gasteiger partial charge in [0, 0.05) is 35.9 Å². The van der Waals surface area contributed by atoms with Crippen molar-refractivity contribution in [3.8, 4) is 23.7 Å². The zero-order valence-electron chi connectivity index (χ0n) is 17.2. The largest absolute Gasteiger partial charge is 0.497 e. The van der Waals surface area contributed by atoms with Crippen molar-refractivity contribution in [1.29, 1.82) is 5.26 Å². The summed E-state index contributed by atoms with van der Waals surface area (Å²) in [6.07, 6.45) is 9.43. The Labute approximate surface area is 173 Å². The highest BCUT2D eigenvalue weighted by Gasteiger charge is 2.12. The second kappa shape index (κ2) is 13.6. The summed E-state index contributed by atoms with van der Waals surface area (Å²) < 4.78 is 5.19. The molecule has 0 saturated carbocycles. The van der Waals surface area contributed by atoms with Gasteiger partial charge in [-0.1, -0.05) is 30.1 Å². The number of likely N-dealkylation sites (N-methyl/N-ethyl adjacent to an activating group) is 1. The van der Waals surface area contributed by atoms with E-state index in [-0.39, 0.29) is 0 Å². The number of ether oxygens (including phenoxy) is 1. The number of nitrogens with zero attached hydrogens (tertiary/aromatic N) is 1. The monoisotopic (exact) mass is 389 g/mol. The van der Waals surface area contributed by atoms with E-state index < -0.39 is 0 Å². The van der Waals surface area contributed by atoms with E-state index in [1.807, 2.05) is 49.4 Å². The quantitative estimate of drug-likeness (QED) is 0.442. The third kappa shape index (κ3) is 7.54. The Morgan fingerprint density at radius 1 is 1.34 bits per heavy atom. The fourth-order valence-electron chi connectivity index (χ4n) is 2.65. The summed E-state index contributed by atoms with van der Waals surface area (Å²) in [5.41, 5.74) is 8.37. The van der Waals surface area contributed by atoms with Gasteiger partial charge in [0.25, 0.3) is 0 Å². The molecule has 0 spiro atoms. The predicted octanol–water partition coefficient (Wildman–Crippen LogP) is 3.41. The van der Waals surface area contributed by atoms with E-state index in [1.165, 1.54) is 7.05 Å². The molecule has 2 rings (SSSR count). The van der Waals surface area contributed by atoms with Crippen molar-refractivity contribution in [2.45, 2.75) is 19.8 Å². The molecule has 0 bridgehead atoms. The number of aldehydes is 1. The first kappa shape index (κ1) is 23.5. The van der Waals surface area contributed by atoms with E-state index >= 15 is 0 Å². The first-order chi connectivity index (χ1) is 14.2. The number of rotatable bonds is 6. The number of nitriles is 1. The predicted molar refractivity (Wildman–Crippen MR) is 117 cm³/mol. The standard InChI is InChI=1S/C23H22N2O2.CH5N/c1-3-25-23-16-19(13-14-26)9-6-12-22(23)20(17-24)10-4-7-18-8-5-11-21(15-18)27-2;1-2/h5,8-12,14-16,25H,3,6,13H2,1-2H3;2H2,1H3/b20-10+;. The van der Waals surface area contributed by atoms with Gasteiger partial charge >= 0.3 is 0 Å². The molecule has 0 aliphatic heterocycles. The zero-order valence-corrected chi connectivity index (χ0v) is 17.2. The SMILES string of the molecule is CCNC1=CC(CC=O)=CCC=C1/C(C#N)=C/C#Cc1cccc(OC)c1.CN. The normalized spacial score (nSPS) is 12.9. The lowest BCUT2D eigenvalue weighted by Crippen LogP contribution is -2.15. The number of methoxy groups -OCH3 is 1. The number of carbonyl (C=O) groups is 1. The summed E-state index contributed by atoms with van der Waals surface area (Å²) in [6, 6.07) is 9.70. The lowest BCUT2D eigenvalue weighted by Gasteiger charge is -2.12. The average Bonchev–Trinajstić information content (AvgIpc) is 2.95. The highest BCUT2D eigenvalue weighted by atomic mass is 16.5. The van der Waals surface area contributed by atoms with Gasteiger partial charge in [0.15, 0.2) is 0 Å². The molecule has 1 aliphatic rings. The topological polar surface area (TPSA) is 88.1 Å². The van der Waals surface area contributed by atoms with Crippen molar-refractivity contribution in [3.05, 3.63) is 76.5 Å². The molecule has 1 aromatic rings. The third-order valence-corrected chi connectivity index (χ3v) is 3.92. The van der Waals surface area contributed by atoms with Crippen molar-refractivity contribution in [2.24, 2.45) is 5.73 Å². The fraction of sp³-hybridized carbons (Fsp3) is 0.250. The molecule has 0 heterocycles. The van der Waals surface area contributed by atoms with E-state index in [9.17, 15) is 10.1 Å². The number of hydrogen-bond acceptors (Lipinski definition) is 5. The van der Waals surface area contributed by atoms with E-state index in [2.05, 4.69) is 29.0 Å². The second-order valence-electron chi connectivity index (χ2n) is 5.76. The summed E-state index contributed by atoms with van der Waals surface area (Å²) >= 11 is 0. The smallest absolute Gasteiger partial charge is 0.124 e. The Morgan fingerprint density at radius 2 is 2.14 bits per heavy atom. The summed E-state index contributed by atoms with van der Waals surface area (Å²) in [5.74, 6) is 6.73. The minimum absolute atomic E-state index is 0.358. The number of nitrogens with two attached hydrogens (primary N) is 1. The molecule has 1 aliphatic carbocycles. The van der Waals surface area contributed by atoms with E-state index in [0.717, 1.165) is 34.4 Å². The van der Waals surface area contributed by atoms with Crippen LogP contribution in [0.25, 0.3) is 0 Å². The van der Waals surface area contributed by atoms with Crippen LogP contribution in [0.5, 0.6) is 5.75 Å². The minimum atomic E-state index is 0.358. The molecule has 29 heavy (non-hydrogen) atoms. The van der Waals surface area contributed by atoms with Crippen LogP contribution in [0.15, 0.2) is 71.0 Å². The lowest BCUT2D eigenvalue weighted by molar-refractivity contribution is -0.107. The Bertz CT molecular complexity index is 919. The van der Waals surface area contributed by atoms with Gasteiger partial charge in [-0.2, -0.15) is 5.26 Å². The van der Waals surface area contributed by atoms with Crippen LogP contribution in [-0.2, 0) is 4.79 Å². The van der Waals surface area contributed by atoms with E-state index in [0.29, 0.717) is 25.0 Å². The molecular weight excluding hydrogens is 362 g/mol. The van der Waals surface area contributed by atoms with Crippen LogP contribution in [0.3, 0.4) is 0 Å². The maximum Gasteiger partial charge on any atom is 0.124 e. The van der Waals surface area contributed by atoms with Gasteiger partial charge in [0.1, 0.15) is 18.1 Å². The molecule has 150 valence electrons. The molecule has 5 nitrogen and oxygen atoms in total. The highest BCUT2D eigenvalue weighted by molar-refractivity contribution is 5.61. The van der Waals surface area contributed by atoms with Gasteiger partial charge in [0.2, 0.25) is 0 Å². The molecule has 0 radical (unpaired) electrons. The molecule has 0 aromatic heterocycles.